The smallest absolute Gasteiger partial charge is 0.413 e. The van der Waals surface area contributed by atoms with Gasteiger partial charge in [-0.05, 0) is 0 Å². The van der Waals surface area contributed by atoms with E-state index in [9.17, 15) is 4.79 Å². The van der Waals surface area contributed by atoms with Crippen LogP contribution in [0.15, 0.2) is 12.7 Å². The molecule has 2 rings (SSSR count). The molecular formula is C8H8ClN5O2. The maximum absolute atomic E-state index is 11.0. The first-order valence-electron chi connectivity index (χ1n) is 4.44. The van der Waals surface area contributed by atoms with E-state index in [4.69, 9.17) is 16.7 Å². The van der Waals surface area contributed by atoms with Crippen molar-refractivity contribution >= 4 is 34.7 Å². The highest BCUT2D eigenvalue weighted by molar-refractivity contribution is 6.18. The molecule has 2 heterocycles. The van der Waals surface area contributed by atoms with Gasteiger partial charge in [-0.2, -0.15) is 0 Å². The van der Waals surface area contributed by atoms with E-state index < -0.39 is 6.09 Å². The second kappa shape index (κ2) is 4.31. The Balaban J connectivity index is 2.51. The number of anilines is 1. The van der Waals surface area contributed by atoms with Gasteiger partial charge in [0, 0.05) is 12.4 Å². The highest BCUT2D eigenvalue weighted by Gasteiger charge is 2.19. The Bertz CT molecular complexity index is 514. The molecule has 2 aromatic rings. The van der Waals surface area contributed by atoms with Crippen LogP contribution in [0, 0.1) is 0 Å². The number of nitrogens with one attached hydrogen (secondary N) is 1. The van der Waals surface area contributed by atoms with Crippen LogP contribution in [-0.2, 0) is 0 Å². The largest absolute Gasteiger partial charge is 0.465 e. The van der Waals surface area contributed by atoms with E-state index >= 15 is 0 Å². The monoisotopic (exact) mass is 241 g/mol. The predicted octanol–water partition coefficient (Wildman–Crippen LogP) is 1.08. The highest BCUT2D eigenvalue weighted by Crippen LogP contribution is 2.19. The van der Waals surface area contributed by atoms with Crippen molar-refractivity contribution in [2.24, 2.45) is 0 Å². The van der Waals surface area contributed by atoms with Crippen LogP contribution >= 0.6 is 11.6 Å². The van der Waals surface area contributed by atoms with Gasteiger partial charge in [0.1, 0.15) is 11.8 Å². The summed E-state index contributed by atoms with van der Waals surface area (Å²) >= 11 is 5.54. The van der Waals surface area contributed by atoms with Gasteiger partial charge in [0.05, 0.1) is 6.33 Å². The number of hydrogen-bond acceptors (Lipinski definition) is 4. The van der Waals surface area contributed by atoms with Crippen LogP contribution in [0.25, 0.3) is 11.2 Å². The number of aromatic amines is 1. The second-order valence-electron chi connectivity index (χ2n) is 2.92. The fourth-order valence-corrected chi connectivity index (χ4v) is 1.50. The molecule has 0 aliphatic carbocycles. The molecule has 7 nitrogen and oxygen atoms in total. The minimum Gasteiger partial charge on any atom is -0.465 e. The summed E-state index contributed by atoms with van der Waals surface area (Å²) in [4.78, 5) is 26.6. The van der Waals surface area contributed by atoms with E-state index in [2.05, 4.69) is 19.9 Å². The van der Waals surface area contributed by atoms with Gasteiger partial charge in [-0.15, -0.1) is 11.6 Å². The topological polar surface area (TPSA) is 95.0 Å². The molecule has 1 amide bonds. The maximum atomic E-state index is 11.0. The van der Waals surface area contributed by atoms with Crippen molar-refractivity contribution in [3.8, 4) is 0 Å². The molecule has 0 unspecified atom stereocenters. The number of amides is 1. The fourth-order valence-electron chi connectivity index (χ4n) is 1.33. The van der Waals surface area contributed by atoms with E-state index in [1.165, 1.54) is 12.7 Å². The highest BCUT2D eigenvalue weighted by atomic mass is 35.5. The number of H-pyrrole nitrogens is 1. The molecule has 0 aliphatic rings. The van der Waals surface area contributed by atoms with Gasteiger partial charge >= 0.3 is 6.09 Å². The van der Waals surface area contributed by atoms with Gasteiger partial charge in [0.2, 0.25) is 0 Å². The van der Waals surface area contributed by atoms with Crippen LogP contribution in [0.5, 0.6) is 0 Å². The van der Waals surface area contributed by atoms with Gasteiger partial charge in [-0.3, -0.25) is 4.90 Å². The summed E-state index contributed by atoms with van der Waals surface area (Å²) in [5.41, 5.74) is 0.904. The van der Waals surface area contributed by atoms with Crippen molar-refractivity contribution in [2.75, 3.05) is 17.3 Å². The molecule has 2 aromatic heterocycles. The standard InChI is InChI=1S/C8H8ClN5O2/c9-1-2-14(8(15)16)7-5-6(11-3-10-5)12-4-13-7/h3-4H,1-2H2,(H,15,16)(H,10,11,12,13). The van der Waals surface area contributed by atoms with Crippen molar-refractivity contribution < 1.29 is 9.90 Å². The van der Waals surface area contributed by atoms with Crippen LogP contribution < -0.4 is 4.90 Å². The first-order valence-corrected chi connectivity index (χ1v) is 4.98. The Labute approximate surface area is 95.1 Å². The molecule has 8 heteroatoms. The summed E-state index contributed by atoms with van der Waals surface area (Å²) in [7, 11) is 0. The molecule has 0 radical (unpaired) electrons. The number of rotatable bonds is 3. The number of aromatic nitrogens is 4. The Morgan fingerprint density at radius 3 is 3.00 bits per heavy atom. The second-order valence-corrected chi connectivity index (χ2v) is 3.30. The number of halogens is 1. The van der Waals surface area contributed by atoms with E-state index in [-0.39, 0.29) is 18.2 Å². The summed E-state index contributed by atoms with van der Waals surface area (Å²) in [6, 6.07) is 0. The van der Waals surface area contributed by atoms with Gasteiger partial charge in [-0.1, -0.05) is 0 Å². The SMILES string of the molecule is O=C(O)N(CCCl)c1ncnc2nc[nH]c12. The Morgan fingerprint density at radius 1 is 1.50 bits per heavy atom. The van der Waals surface area contributed by atoms with E-state index in [0.29, 0.717) is 11.2 Å². The van der Waals surface area contributed by atoms with Gasteiger partial charge in [0.25, 0.3) is 0 Å². The Morgan fingerprint density at radius 2 is 2.31 bits per heavy atom. The number of nitrogens with zero attached hydrogens (tertiary/aromatic N) is 4. The van der Waals surface area contributed by atoms with Crippen LogP contribution in [0.4, 0.5) is 10.6 Å². The first kappa shape index (κ1) is 10.6. The predicted molar refractivity (Wildman–Crippen MR) is 57.8 cm³/mol. The quantitative estimate of drug-likeness (QED) is 0.784. The van der Waals surface area contributed by atoms with Gasteiger partial charge in [0.15, 0.2) is 11.5 Å². The maximum Gasteiger partial charge on any atom is 0.413 e. The van der Waals surface area contributed by atoms with Crippen LogP contribution in [-0.4, -0.2) is 43.6 Å². The third-order valence-corrected chi connectivity index (χ3v) is 2.17. The van der Waals surface area contributed by atoms with Crippen LogP contribution in [0.3, 0.4) is 0 Å². The minimum absolute atomic E-state index is 0.155. The summed E-state index contributed by atoms with van der Waals surface area (Å²) < 4.78 is 0. The molecule has 0 aromatic carbocycles. The number of fused-ring (bicyclic) bond motifs is 1. The number of carbonyl (C=O) groups is 1. The van der Waals surface area contributed by atoms with Crippen molar-refractivity contribution in [1.29, 1.82) is 0 Å². The number of carboxylic acid groups (broad SMARTS) is 1. The summed E-state index contributed by atoms with van der Waals surface area (Å²) in [5.74, 6) is 0.446. The Hall–Kier alpha value is -1.89. The molecule has 0 saturated carbocycles. The minimum atomic E-state index is -1.12. The lowest BCUT2D eigenvalue weighted by Crippen LogP contribution is -2.32. The van der Waals surface area contributed by atoms with Gasteiger partial charge in [-0.25, -0.2) is 19.7 Å². The molecule has 0 atom stereocenters. The third kappa shape index (κ3) is 1.76. The molecule has 0 saturated heterocycles. The van der Waals surface area contributed by atoms with E-state index in [1.807, 2.05) is 0 Å². The molecule has 2 N–H and O–H groups in total. The zero-order valence-corrected chi connectivity index (χ0v) is 8.85. The van der Waals surface area contributed by atoms with Crippen LogP contribution in [0.1, 0.15) is 0 Å². The summed E-state index contributed by atoms with van der Waals surface area (Å²) in [6.07, 6.45) is 1.59. The molecule has 0 aliphatic heterocycles. The first-order chi connectivity index (χ1) is 7.74. The molecule has 16 heavy (non-hydrogen) atoms. The molecule has 84 valence electrons. The molecule has 0 fully saturated rings. The summed E-state index contributed by atoms with van der Waals surface area (Å²) in [5, 5.41) is 9.03. The zero-order chi connectivity index (χ0) is 11.5. The lowest BCUT2D eigenvalue weighted by atomic mass is 10.4. The van der Waals surface area contributed by atoms with Crippen molar-refractivity contribution in [1.82, 2.24) is 19.9 Å². The molecule has 0 bridgehead atoms. The van der Waals surface area contributed by atoms with Gasteiger partial charge < -0.3 is 10.1 Å². The molecular weight excluding hydrogens is 234 g/mol. The normalized spacial score (nSPS) is 10.6. The van der Waals surface area contributed by atoms with E-state index in [0.717, 1.165) is 4.90 Å². The summed E-state index contributed by atoms with van der Waals surface area (Å²) in [6.45, 7) is 0.155. The van der Waals surface area contributed by atoms with Crippen molar-refractivity contribution in [3.05, 3.63) is 12.7 Å². The third-order valence-electron chi connectivity index (χ3n) is 2.00. The number of imidazole rings is 1. The average Bonchev–Trinajstić information content (AvgIpc) is 2.73. The zero-order valence-electron chi connectivity index (χ0n) is 8.09. The Kier molecular flexibility index (Phi) is 2.86. The lowest BCUT2D eigenvalue weighted by Gasteiger charge is -2.16. The molecule has 0 spiro atoms. The number of alkyl halides is 1. The average molecular weight is 242 g/mol. The number of hydrogen-bond donors (Lipinski definition) is 2. The van der Waals surface area contributed by atoms with E-state index in [1.54, 1.807) is 0 Å². The lowest BCUT2D eigenvalue weighted by molar-refractivity contribution is 0.202. The van der Waals surface area contributed by atoms with Crippen molar-refractivity contribution in [2.45, 2.75) is 0 Å². The fraction of sp³-hybridized carbons (Fsp3) is 0.250. The van der Waals surface area contributed by atoms with Crippen LogP contribution in [0.2, 0.25) is 0 Å². The van der Waals surface area contributed by atoms with Crippen molar-refractivity contribution in [3.63, 3.8) is 0 Å².